The molecule has 1 aliphatic heterocycles. The lowest BCUT2D eigenvalue weighted by Gasteiger charge is -2.16. The van der Waals surface area contributed by atoms with Crippen LogP contribution in [0.3, 0.4) is 0 Å². The molecule has 2 N–H and O–H groups in total. The quantitative estimate of drug-likeness (QED) is 0.639. The number of hydrogen-bond donors (Lipinski definition) is 2. The third kappa shape index (κ3) is 2.68. The highest BCUT2D eigenvalue weighted by atomic mass is 32.1. The molecule has 1 saturated heterocycles. The van der Waals surface area contributed by atoms with E-state index in [1.807, 2.05) is 31.3 Å². The molecule has 0 bridgehead atoms. The zero-order valence-electron chi connectivity index (χ0n) is 10.4. The summed E-state index contributed by atoms with van der Waals surface area (Å²) in [7, 11) is 2.04. The molecule has 0 radical (unpaired) electrons. The molecule has 0 saturated carbocycles. The van der Waals surface area contributed by atoms with Crippen molar-refractivity contribution in [2.24, 2.45) is 0 Å². The average molecular weight is 261 g/mol. The molecule has 1 heterocycles. The Morgan fingerprint density at radius 2 is 1.94 bits per heavy atom. The third-order valence-electron chi connectivity index (χ3n) is 2.84. The van der Waals surface area contributed by atoms with Gasteiger partial charge in [0.25, 0.3) is 5.91 Å². The highest BCUT2D eigenvalue weighted by molar-refractivity contribution is 7.80. The van der Waals surface area contributed by atoms with Gasteiger partial charge >= 0.3 is 0 Å². The van der Waals surface area contributed by atoms with Crippen molar-refractivity contribution in [2.75, 3.05) is 18.5 Å². The number of benzene rings is 1. The van der Waals surface area contributed by atoms with E-state index in [1.165, 1.54) is 0 Å². The largest absolute Gasteiger partial charge is 0.375 e. The summed E-state index contributed by atoms with van der Waals surface area (Å²) in [5, 5.41) is 5.71. The number of thiocarbonyl (C=S) groups is 1. The Morgan fingerprint density at radius 3 is 2.44 bits per heavy atom. The van der Waals surface area contributed by atoms with E-state index in [-0.39, 0.29) is 5.91 Å². The van der Waals surface area contributed by atoms with Crippen LogP contribution in [0.2, 0.25) is 0 Å². The summed E-state index contributed by atoms with van der Waals surface area (Å²) in [6.07, 6.45) is 1.78. The smallest absolute Gasteiger partial charge is 0.273 e. The zero-order chi connectivity index (χ0) is 13.1. The SMILES string of the molecule is CCN(C)c1ccc(/C=C2\NC(=S)NC2=O)cc1. The van der Waals surface area contributed by atoms with Crippen molar-refractivity contribution in [1.29, 1.82) is 0 Å². The van der Waals surface area contributed by atoms with Crippen molar-refractivity contribution in [3.05, 3.63) is 35.5 Å². The van der Waals surface area contributed by atoms with E-state index in [2.05, 4.69) is 22.5 Å². The predicted molar refractivity (Wildman–Crippen MR) is 77.2 cm³/mol. The molecule has 5 heteroatoms. The first-order valence-electron chi connectivity index (χ1n) is 5.75. The Labute approximate surface area is 112 Å². The number of nitrogens with one attached hydrogen (secondary N) is 2. The fraction of sp³-hybridized carbons (Fsp3) is 0.231. The number of nitrogens with zero attached hydrogens (tertiary/aromatic N) is 1. The van der Waals surface area contributed by atoms with Crippen LogP contribution in [-0.4, -0.2) is 24.6 Å². The fourth-order valence-electron chi connectivity index (χ4n) is 1.66. The summed E-state index contributed by atoms with van der Waals surface area (Å²) in [4.78, 5) is 13.6. The molecule has 94 valence electrons. The van der Waals surface area contributed by atoms with Crippen molar-refractivity contribution >= 4 is 35.0 Å². The van der Waals surface area contributed by atoms with Gasteiger partial charge in [0.2, 0.25) is 0 Å². The monoisotopic (exact) mass is 261 g/mol. The lowest BCUT2D eigenvalue weighted by molar-refractivity contribution is -0.115. The van der Waals surface area contributed by atoms with Crippen LogP contribution in [0.15, 0.2) is 30.0 Å². The molecule has 0 atom stereocenters. The van der Waals surface area contributed by atoms with Crippen LogP contribution in [-0.2, 0) is 4.79 Å². The van der Waals surface area contributed by atoms with E-state index < -0.39 is 0 Å². The molecule has 1 amide bonds. The van der Waals surface area contributed by atoms with Gasteiger partial charge in [0.15, 0.2) is 5.11 Å². The van der Waals surface area contributed by atoms with Gasteiger partial charge in [-0.2, -0.15) is 0 Å². The maximum Gasteiger partial charge on any atom is 0.273 e. The number of anilines is 1. The Bertz CT molecular complexity index is 507. The number of carbonyl (C=O) groups excluding carboxylic acids is 1. The third-order valence-corrected chi connectivity index (χ3v) is 3.04. The van der Waals surface area contributed by atoms with Gasteiger partial charge in [-0.1, -0.05) is 12.1 Å². The van der Waals surface area contributed by atoms with Crippen molar-refractivity contribution < 1.29 is 4.79 Å². The van der Waals surface area contributed by atoms with E-state index in [4.69, 9.17) is 12.2 Å². The van der Waals surface area contributed by atoms with Crippen molar-refractivity contribution in [3.8, 4) is 0 Å². The second-order valence-corrected chi connectivity index (χ2v) is 4.48. The summed E-state index contributed by atoms with van der Waals surface area (Å²) in [6, 6.07) is 8.01. The van der Waals surface area contributed by atoms with E-state index in [1.54, 1.807) is 6.08 Å². The highest BCUT2D eigenvalue weighted by Gasteiger charge is 2.19. The standard InChI is InChI=1S/C13H15N3OS/c1-3-16(2)10-6-4-9(5-7-10)8-11-12(17)15-13(18)14-11/h4-8H,3H2,1-2H3,(H2,14,15,17,18)/b11-8-. The molecule has 0 spiro atoms. The molecular weight excluding hydrogens is 246 g/mol. The Morgan fingerprint density at radius 1 is 1.28 bits per heavy atom. The summed E-state index contributed by atoms with van der Waals surface area (Å²) in [5.41, 5.74) is 2.60. The first-order chi connectivity index (χ1) is 8.60. The van der Waals surface area contributed by atoms with Gasteiger partial charge in [0, 0.05) is 19.3 Å². The Kier molecular flexibility index (Phi) is 3.62. The molecular formula is C13H15N3OS. The molecule has 1 aromatic carbocycles. The molecule has 1 aromatic rings. The summed E-state index contributed by atoms with van der Waals surface area (Å²) in [6.45, 7) is 3.06. The molecule has 4 nitrogen and oxygen atoms in total. The fourth-order valence-corrected chi connectivity index (χ4v) is 1.86. The minimum Gasteiger partial charge on any atom is -0.375 e. The van der Waals surface area contributed by atoms with Crippen LogP contribution in [0.25, 0.3) is 6.08 Å². The molecule has 2 rings (SSSR count). The maximum atomic E-state index is 11.5. The van der Waals surface area contributed by atoms with Crippen molar-refractivity contribution in [2.45, 2.75) is 6.92 Å². The molecule has 18 heavy (non-hydrogen) atoms. The topological polar surface area (TPSA) is 44.4 Å². The van der Waals surface area contributed by atoms with Gasteiger partial charge in [-0.25, -0.2) is 0 Å². The van der Waals surface area contributed by atoms with E-state index in [9.17, 15) is 4.79 Å². The molecule has 0 aromatic heterocycles. The average Bonchev–Trinajstić information content (AvgIpc) is 2.68. The highest BCUT2D eigenvalue weighted by Crippen LogP contribution is 2.15. The van der Waals surface area contributed by atoms with E-state index in [0.717, 1.165) is 17.8 Å². The number of carbonyl (C=O) groups is 1. The summed E-state index contributed by atoms with van der Waals surface area (Å²) < 4.78 is 0. The number of rotatable bonds is 3. The van der Waals surface area contributed by atoms with Crippen LogP contribution < -0.4 is 15.5 Å². The van der Waals surface area contributed by atoms with Crippen LogP contribution in [0.5, 0.6) is 0 Å². The van der Waals surface area contributed by atoms with E-state index in [0.29, 0.717) is 10.8 Å². The van der Waals surface area contributed by atoms with Gasteiger partial charge in [0.1, 0.15) is 5.70 Å². The minimum atomic E-state index is -0.185. The van der Waals surface area contributed by atoms with Gasteiger partial charge in [-0.3, -0.25) is 10.1 Å². The van der Waals surface area contributed by atoms with Crippen LogP contribution in [0.1, 0.15) is 12.5 Å². The molecule has 0 unspecified atom stereocenters. The Balaban J connectivity index is 2.18. The molecule has 1 fully saturated rings. The van der Waals surface area contributed by atoms with Gasteiger partial charge < -0.3 is 10.2 Å². The normalized spacial score (nSPS) is 16.7. The molecule has 1 aliphatic rings. The zero-order valence-corrected chi connectivity index (χ0v) is 11.2. The van der Waals surface area contributed by atoms with Crippen LogP contribution in [0.4, 0.5) is 5.69 Å². The first kappa shape index (κ1) is 12.6. The lowest BCUT2D eigenvalue weighted by Crippen LogP contribution is -2.21. The Hall–Kier alpha value is -1.88. The van der Waals surface area contributed by atoms with Crippen LogP contribution in [0, 0.1) is 0 Å². The van der Waals surface area contributed by atoms with E-state index >= 15 is 0 Å². The maximum absolute atomic E-state index is 11.5. The predicted octanol–water partition coefficient (Wildman–Crippen LogP) is 1.49. The van der Waals surface area contributed by atoms with Crippen LogP contribution >= 0.6 is 12.2 Å². The lowest BCUT2D eigenvalue weighted by atomic mass is 10.1. The van der Waals surface area contributed by atoms with Gasteiger partial charge in [-0.15, -0.1) is 0 Å². The minimum absolute atomic E-state index is 0.185. The van der Waals surface area contributed by atoms with Gasteiger partial charge in [0.05, 0.1) is 0 Å². The summed E-state index contributed by atoms with van der Waals surface area (Å²) in [5.74, 6) is -0.185. The first-order valence-corrected chi connectivity index (χ1v) is 6.16. The second-order valence-electron chi connectivity index (χ2n) is 4.07. The summed E-state index contributed by atoms with van der Waals surface area (Å²) >= 11 is 4.87. The molecule has 0 aliphatic carbocycles. The van der Waals surface area contributed by atoms with Crippen molar-refractivity contribution in [3.63, 3.8) is 0 Å². The number of amides is 1. The van der Waals surface area contributed by atoms with Gasteiger partial charge in [-0.05, 0) is 42.9 Å². The number of hydrogen-bond acceptors (Lipinski definition) is 3. The second kappa shape index (κ2) is 5.18. The van der Waals surface area contributed by atoms with Crippen molar-refractivity contribution in [1.82, 2.24) is 10.6 Å².